The summed E-state index contributed by atoms with van der Waals surface area (Å²) in [6, 6.07) is 2.59. The maximum atomic E-state index is 13.5. The monoisotopic (exact) mass is 280 g/mol. The number of nitrogens with one attached hydrogen (secondary N) is 1. The number of carbonyl (C=O) groups excluding carboxylic acids is 2. The lowest BCUT2D eigenvalue weighted by Gasteiger charge is -2.14. The maximum Gasteiger partial charge on any atom is 0.247 e. The molecule has 1 heterocycles. The van der Waals surface area contributed by atoms with Crippen LogP contribution >= 0.6 is 0 Å². The van der Waals surface area contributed by atoms with Crippen LogP contribution in [0.15, 0.2) is 18.2 Å². The van der Waals surface area contributed by atoms with Crippen molar-refractivity contribution < 1.29 is 18.4 Å². The second kappa shape index (κ2) is 4.94. The van der Waals surface area contributed by atoms with Crippen LogP contribution in [0.1, 0.15) is 24.8 Å². The average Bonchev–Trinajstić information content (AvgIpc) is 3.18. The minimum atomic E-state index is -0.634. The maximum absolute atomic E-state index is 13.5. The summed E-state index contributed by atoms with van der Waals surface area (Å²) in [5.74, 6) is -1.50. The van der Waals surface area contributed by atoms with Crippen LogP contribution in [0.3, 0.4) is 0 Å². The van der Waals surface area contributed by atoms with Gasteiger partial charge in [0.1, 0.15) is 11.6 Å². The number of halogens is 2. The summed E-state index contributed by atoms with van der Waals surface area (Å²) in [6.07, 6.45) is 1.82. The molecule has 1 aliphatic heterocycles. The van der Waals surface area contributed by atoms with E-state index >= 15 is 0 Å². The lowest BCUT2D eigenvalue weighted by molar-refractivity contribution is -0.139. The minimum absolute atomic E-state index is 0.0196. The molecule has 1 unspecified atom stereocenters. The van der Waals surface area contributed by atoms with E-state index in [2.05, 4.69) is 5.32 Å². The Labute approximate surface area is 114 Å². The highest BCUT2D eigenvalue weighted by Gasteiger charge is 2.45. The molecule has 0 spiro atoms. The Kier molecular flexibility index (Phi) is 3.25. The van der Waals surface area contributed by atoms with E-state index in [1.54, 1.807) is 0 Å². The average molecular weight is 280 g/mol. The molecule has 1 N–H and O–H groups in total. The van der Waals surface area contributed by atoms with Crippen LogP contribution in [-0.2, 0) is 16.1 Å². The summed E-state index contributed by atoms with van der Waals surface area (Å²) in [5.41, 5.74) is 0.148. The molecule has 0 radical (unpaired) electrons. The van der Waals surface area contributed by atoms with Crippen LogP contribution in [0.25, 0.3) is 0 Å². The van der Waals surface area contributed by atoms with Crippen molar-refractivity contribution in [2.24, 2.45) is 0 Å². The number of rotatable bonds is 4. The highest BCUT2D eigenvalue weighted by molar-refractivity contribution is 6.06. The van der Waals surface area contributed by atoms with E-state index in [4.69, 9.17) is 0 Å². The second-order valence-electron chi connectivity index (χ2n) is 5.21. The molecule has 2 fully saturated rings. The van der Waals surface area contributed by atoms with Crippen LogP contribution in [0.5, 0.6) is 0 Å². The number of nitrogens with zero attached hydrogens (tertiary/aromatic N) is 1. The van der Waals surface area contributed by atoms with Gasteiger partial charge < -0.3 is 5.32 Å². The van der Waals surface area contributed by atoms with E-state index in [9.17, 15) is 18.4 Å². The van der Waals surface area contributed by atoms with Gasteiger partial charge in [-0.25, -0.2) is 8.78 Å². The molecule has 1 saturated carbocycles. The van der Waals surface area contributed by atoms with Crippen molar-refractivity contribution in [2.45, 2.75) is 37.9 Å². The van der Waals surface area contributed by atoms with Crippen LogP contribution in [0, 0.1) is 11.6 Å². The molecule has 3 rings (SSSR count). The molecule has 20 heavy (non-hydrogen) atoms. The first-order chi connectivity index (χ1) is 9.56. The fourth-order valence-corrected chi connectivity index (χ4v) is 2.44. The predicted octanol–water partition coefficient (Wildman–Crippen LogP) is 1.34. The van der Waals surface area contributed by atoms with E-state index in [0.29, 0.717) is 0 Å². The van der Waals surface area contributed by atoms with Gasteiger partial charge >= 0.3 is 0 Å². The van der Waals surface area contributed by atoms with Crippen molar-refractivity contribution in [3.8, 4) is 0 Å². The molecule has 1 aromatic carbocycles. The molecule has 2 amide bonds. The molecule has 1 saturated heterocycles. The quantitative estimate of drug-likeness (QED) is 0.847. The van der Waals surface area contributed by atoms with Gasteiger partial charge in [0.15, 0.2) is 0 Å². The molecule has 1 aliphatic carbocycles. The van der Waals surface area contributed by atoms with Gasteiger partial charge in [0.25, 0.3) is 0 Å². The number of hydrogen-bond acceptors (Lipinski definition) is 3. The fourth-order valence-electron chi connectivity index (χ4n) is 2.44. The van der Waals surface area contributed by atoms with E-state index < -0.39 is 17.7 Å². The van der Waals surface area contributed by atoms with Crippen LogP contribution < -0.4 is 5.32 Å². The number of imide groups is 1. The standard InChI is InChI=1S/C14H14F2N2O2/c15-9-1-4-11(16)8(5-9)7-17-12-6-13(19)18(14(12)20)10-2-3-10/h1,4-5,10,12,17H,2-3,6-7H2. The lowest BCUT2D eigenvalue weighted by atomic mass is 10.1. The van der Waals surface area contributed by atoms with Gasteiger partial charge in [0, 0.05) is 18.2 Å². The smallest absolute Gasteiger partial charge is 0.247 e. The lowest BCUT2D eigenvalue weighted by Crippen LogP contribution is -2.39. The van der Waals surface area contributed by atoms with Crippen molar-refractivity contribution >= 4 is 11.8 Å². The van der Waals surface area contributed by atoms with Crippen molar-refractivity contribution in [2.75, 3.05) is 0 Å². The minimum Gasteiger partial charge on any atom is -0.301 e. The summed E-state index contributed by atoms with van der Waals surface area (Å²) in [5, 5.41) is 2.84. The summed E-state index contributed by atoms with van der Waals surface area (Å²) in [6.45, 7) is 0.0196. The number of hydrogen-bond donors (Lipinski definition) is 1. The first-order valence-corrected chi connectivity index (χ1v) is 6.59. The van der Waals surface area contributed by atoms with E-state index in [0.717, 1.165) is 31.0 Å². The Morgan fingerprint density at radius 1 is 1.25 bits per heavy atom. The molecule has 106 valence electrons. The normalized spacial score (nSPS) is 22.7. The summed E-state index contributed by atoms with van der Waals surface area (Å²) in [7, 11) is 0. The molecule has 0 bridgehead atoms. The van der Waals surface area contributed by atoms with E-state index in [-0.39, 0.29) is 36.4 Å². The summed E-state index contributed by atoms with van der Waals surface area (Å²) in [4.78, 5) is 25.1. The predicted molar refractivity (Wildman–Crippen MR) is 66.5 cm³/mol. The van der Waals surface area contributed by atoms with Gasteiger partial charge in [-0.05, 0) is 31.0 Å². The highest BCUT2D eigenvalue weighted by Crippen LogP contribution is 2.31. The van der Waals surface area contributed by atoms with Gasteiger partial charge in [-0.15, -0.1) is 0 Å². The third kappa shape index (κ3) is 2.43. The summed E-state index contributed by atoms with van der Waals surface area (Å²) < 4.78 is 26.5. The van der Waals surface area contributed by atoms with Crippen LogP contribution in [0.2, 0.25) is 0 Å². The van der Waals surface area contributed by atoms with Crippen molar-refractivity contribution in [1.82, 2.24) is 10.2 Å². The Hall–Kier alpha value is -1.82. The zero-order valence-electron chi connectivity index (χ0n) is 10.7. The van der Waals surface area contributed by atoms with Gasteiger partial charge in [-0.1, -0.05) is 0 Å². The first kappa shape index (κ1) is 13.2. The first-order valence-electron chi connectivity index (χ1n) is 6.59. The molecule has 6 heteroatoms. The highest BCUT2D eigenvalue weighted by atomic mass is 19.1. The largest absolute Gasteiger partial charge is 0.301 e. The number of amides is 2. The Morgan fingerprint density at radius 2 is 2.00 bits per heavy atom. The van der Waals surface area contributed by atoms with Gasteiger partial charge in [0.05, 0.1) is 12.5 Å². The topological polar surface area (TPSA) is 49.4 Å². The third-order valence-electron chi connectivity index (χ3n) is 3.64. The SMILES string of the molecule is O=C1CC(NCc2cc(F)ccc2F)C(=O)N1C1CC1. The molecule has 0 aromatic heterocycles. The molecular weight excluding hydrogens is 266 g/mol. The number of benzene rings is 1. The van der Waals surface area contributed by atoms with E-state index in [1.807, 2.05) is 0 Å². The van der Waals surface area contributed by atoms with E-state index in [1.165, 1.54) is 4.90 Å². The molecule has 2 aliphatic rings. The Morgan fingerprint density at radius 3 is 2.70 bits per heavy atom. The zero-order valence-corrected chi connectivity index (χ0v) is 10.7. The summed E-state index contributed by atoms with van der Waals surface area (Å²) >= 11 is 0. The van der Waals surface area contributed by atoms with Gasteiger partial charge in [-0.3, -0.25) is 14.5 Å². The molecular formula is C14H14F2N2O2. The van der Waals surface area contributed by atoms with Gasteiger partial charge in [-0.2, -0.15) is 0 Å². The Balaban J connectivity index is 1.65. The van der Waals surface area contributed by atoms with Crippen molar-refractivity contribution in [3.63, 3.8) is 0 Å². The van der Waals surface area contributed by atoms with Crippen molar-refractivity contribution in [3.05, 3.63) is 35.4 Å². The molecule has 4 nitrogen and oxygen atoms in total. The van der Waals surface area contributed by atoms with Gasteiger partial charge in [0.2, 0.25) is 11.8 Å². The van der Waals surface area contributed by atoms with Crippen LogP contribution in [0.4, 0.5) is 8.78 Å². The molecule has 1 aromatic rings. The van der Waals surface area contributed by atoms with Crippen LogP contribution in [-0.4, -0.2) is 28.8 Å². The fraction of sp³-hybridized carbons (Fsp3) is 0.429. The molecule has 1 atom stereocenters. The number of likely N-dealkylation sites (tertiary alicyclic amines) is 1. The Bertz CT molecular complexity index is 572. The third-order valence-corrected chi connectivity index (χ3v) is 3.64. The zero-order chi connectivity index (χ0) is 14.3. The second-order valence-corrected chi connectivity index (χ2v) is 5.21. The van der Waals surface area contributed by atoms with Crippen molar-refractivity contribution in [1.29, 1.82) is 0 Å². The number of carbonyl (C=O) groups is 2.